The highest BCUT2D eigenvalue weighted by molar-refractivity contribution is 5.43. The molecule has 0 saturated heterocycles. The summed E-state index contributed by atoms with van der Waals surface area (Å²) in [5.41, 5.74) is 2.87. The molecule has 0 saturated carbocycles. The fraction of sp³-hybridized carbons (Fsp3) is 0.300. The second-order valence-electron chi connectivity index (χ2n) is 2.83. The van der Waals surface area contributed by atoms with Crippen LogP contribution in [0.5, 0.6) is 5.75 Å². The summed E-state index contributed by atoms with van der Waals surface area (Å²) in [6.07, 6.45) is 0.410. The molecule has 1 rings (SSSR count). The van der Waals surface area contributed by atoms with E-state index >= 15 is 0 Å². The molecule has 0 atom stereocenters. The van der Waals surface area contributed by atoms with E-state index < -0.39 is 0 Å². The molecule has 0 spiro atoms. The first-order chi connectivity index (χ1) is 5.66. The zero-order valence-corrected chi connectivity index (χ0v) is 7.26. The number of phenolic OH excluding ortho intramolecular Hbond substituents is 1. The summed E-state index contributed by atoms with van der Waals surface area (Å²) in [4.78, 5) is 0. The van der Waals surface area contributed by atoms with Gasteiger partial charge in [0, 0.05) is 0 Å². The van der Waals surface area contributed by atoms with E-state index in [4.69, 9.17) is 5.26 Å². The Morgan fingerprint density at radius 2 is 2.00 bits per heavy atom. The van der Waals surface area contributed by atoms with Gasteiger partial charge < -0.3 is 5.11 Å². The normalized spacial score (nSPS) is 9.42. The van der Waals surface area contributed by atoms with Crippen molar-refractivity contribution in [1.82, 2.24) is 0 Å². The van der Waals surface area contributed by atoms with Crippen molar-refractivity contribution in [2.45, 2.75) is 20.3 Å². The second kappa shape index (κ2) is 3.27. The molecular formula is C10H11NO. The van der Waals surface area contributed by atoms with E-state index in [1.54, 1.807) is 12.1 Å². The van der Waals surface area contributed by atoms with E-state index in [1.165, 1.54) is 0 Å². The van der Waals surface area contributed by atoms with Crippen molar-refractivity contribution in [1.29, 1.82) is 5.26 Å². The molecule has 0 radical (unpaired) electrons. The number of phenols is 1. The minimum Gasteiger partial charge on any atom is -0.508 e. The van der Waals surface area contributed by atoms with Crippen LogP contribution in [0.2, 0.25) is 0 Å². The van der Waals surface area contributed by atoms with Gasteiger partial charge in [-0.15, -0.1) is 0 Å². The number of aromatic hydroxyl groups is 1. The van der Waals surface area contributed by atoms with Crippen LogP contribution in [0.3, 0.4) is 0 Å². The third kappa shape index (κ3) is 1.40. The van der Waals surface area contributed by atoms with Crippen molar-refractivity contribution in [2.75, 3.05) is 0 Å². The maximum Gasteiger partial charge on any atom is 0.118 e. The third-order valence-electron chi connectivity index (χ3n) is 2.14. The first-order valence-corrected chi connectivity index (χ1v) is 3.82. The molecule has 0 unspecified atom stereocenters. The largest absolute Gasteiger partial charge is 0.508 e. The van der Waals surface area contributed by atoms with Crippen LogP contribution in [0.1, 0.15) is 16.7 Å². The Bertz CT molecular complexity index is 336. The summed E-state index contributed by atoms with van der Waals surface area (Å²) in [5.74, 6) is 0.300. The molecule has 12 heavy (non-hydrogen) atoms. The van der Waals surface area contributed by atoms with Gasteiger partial charge in [-0.25, -0.2) is 0 Å². The standard InChI is InChI=1S/C10H11NO/c1-7-8(2)10(12)4-3-9(7)5-6-11/h3-4,12H,5H2,1-2H3. The van der Waals surface area contributed by atoms with Crippen molar-refractivity contribution < 1.29 is 5.11 Å². The first-order valence-electron chi connectivity index (χ1n) is 3.82. The lowest BCUT2D eigenvalue weighted by molar-refractivity contribution is 0.470. The lowest BCUT2D eigenvalue weighted by Crippen LogP contribution is -1.90. The smallest absolute Gasteiger partial charge is 0.118 e. The Balaban J connectivity index is 3.19. The maximum atomic E-state index is 9.31. The van der Waals surface area contributed by atoms with Crippen molar-refractivity contribution in [2.24, 2.45) is 0 Å². The van der Waals surface area contributed by atoms with Crippen molar-refractivity contribution in [3.05, 3.63) is 28.8 Å². The number of hydrogen-bond donors (Lipinski definition) is 1. The SMILES string of the molecule is Cc1c(O)ccc(CC#N)c1C. The van der Waals surface area contributed by atoms with Gasteiger partial charge in [0.15, 0.2) is 0 Å². The molecule has 62 valence electrons. The van der Waals surface area contributed by atoms with E-state index in [9.17, 15) is 5.11 Å². The van der Waals surface area contributed by atoms with Gasteiger partial charge in [0.2, 0.25) is 0 Å². The van der Waals surface area contributed by atoms with Crippen LogP contribution >= 0.6 is 0 Å². The quantitative estimate of drug-likeness (QED) is 0.685. The molecule has 0 aromatic heterocycles. The van der Waals surface area contributed by atoms with Gasteiger partial charge in [0.25, 0.3) is 0 Å². The van der Waals surface area contributed by atoms with Crippen molar-refractivity contribution in [3.8, 4) is 11.8 Å². The molecule has 0 aliphatic carbocycles. The lowest BCUT2D eigenvalue weighted by atomic mass is 10.0. The van der Waals surface area contributed by atoms with E-state index in [2.05, 4.69) is 6.07 Å². The van der Waals surface area contributed by atoms with Gasteiger partial charge >= 0.3 is 0 Å². The van der Waals surface area contributed by atoms with Crippen LogP contribution in [0.4, 0.5) is 0 Å². The average molecular weight is 161 g/mol. The Hall–Kier alpha value is -1.49. The average Bonchev–Trinajstić information content (AvgIpc) is 2.07. The Kier molecular flexibility index (Phi) is 2.35. The highest BCUT2D eigenvalue weighted by atomic mass is 16.3. The second-order valence-corrected chi connectivity index (χ2v) is 2.83. The molecule has 1 aromatic rings. The maximum absolute atomic E-state index is 9.31. The van der Waals surface area contributed by atoms with Crippen LogP contribution < -0.4 is 0 Å². The number of nitriles is 1. The summed E-state index contributed by atoms with van der Waals surface area (Å²) in [5, 5.41) is 17.8. The van der Waals surface area contributed by atoms with Crippen molar-refractivity contribution >= 4 is 0 Å². The van der Waals surface area contributed by atoms with Gasteiger partial charge in [-0.05, 0) is 36.6 Å². The molecule has 1 N–H and O–H groups in total. The zero-order chi connectivity index (χ0) is 9.14. The summed E-state index contributed by atoms with van der Waals surface area (Å²) in [7, 11) is 0. The predicted octanol–water partition coefficient (Wildman–Crippen LogP) is 2.08. The topological polar surface area (TPSA) is 44.0 Å². The van der Waals surface area contributed by atoms with E-state index in [-0.39, 0.29) is 0 Å². The first kappa shape index (κ1) is 8.61. The van der Waals surface area contributed by atoms with Crippen LogP contribution in [0.15, 0.2) is 12.1 Å². The van der Waals surface area contributed by atoms with Crippen molar-refractivity contribution in [3.63, 3.8) is 0 Å². The molecule has 2 heteroatoms. The Labute approximate surface area is 72.1 Å². The molecule has 2 nitrogen and oxygen atoms in total. The molecular weight excluding hydrogens is 150 g/mol. The molecule has 0 aliphatic heterocycles. The van der Waals surface area contributed by atoms with Gasteiger partial charge in [-0.3, -0.25) is 0 Å². The predicted molar refractivity (Wildman–Crippen MR) is 46.9 cm³/mol. The molecule has 0 bridgehead atoms. The Morgan fingerprint density at radius 3 is 2.58 bits per heavy atom. The monoisotopic (exact) mass is 161 g/mol. The number of hydrogen-bond acceptors (Lipinski definition) is 2. The zero-order valence-electron chi connectivity index (χ0n) is 7.26. The van der Waals surface area contributed by atoms with Crippen LogP contribution in [0, 0.1) is 25.2 Å². The van der Waals surface area contributed by atoms with E-state index in [0.29, 0.717) is 12.2 Å². The number of nitrogens with zero attached hydrogens (tertiary/aromatic N) is 1. The molecule has 0 fully saturated rings. The fourth-order valence-corrected chi connectivity index (χ4v) is 1.14. The van der Waals surface area contributed by atoms with Gasteiger partial charge in [0.1, 0.15) is 5.75 Å². The molecule has 0 aliphatic rings. The van der Waals surface area contributed by atoms with Gasteiger partial charge in [-0.1, -0.05) is 6.07 Å². The minimum atomic E-state index is 0.300. The van der Waals surface area contributed by atoms with Crippen LogP contribution in [0.25, 0.3) is 0 Å². The lowest BCUT2D eigenvalue weighted by Gasteiger charge is -2.06. The molecule has 1 aromatic carbocycles. The van der Waals surface area contributed by atoms with E-state index in [0.717, 1.165) is 16.7 Å². The highest BCUT2D eigenvalue weighted by Crippen LogP contribution is 2.22. The highest BCUT2D eigenvalue weighted by Gasteiger charge is 2.03. The minimum absolute atomic E-state index is 0.300. The van der Waals surface area contributed by atoms with Gasteiger partial charge in [-0.2, -0.15) is 5.26 Å². The van der Waals surface area contributed by atoms with E-state index in [1.807, 2.05) is 13.8 Å². The summed E-state index contributed by atoms with van der Waals surface area (Å²) >= 11 is 0. The Morgan fingerprint density at radius 1 is 1.33 bits per heavy atom. The summed E-state index contributed by atoms with van der Waals surface area (Å²) < 4.78 is 0. The summed E-state index contributed by atoms with van der Waals surface area (Å²) in [6, 6.07) is 5.52. The van der Waals surface area contributed by atoms with Gasteiger partial charge in [0.05, 0.1) is 12.5 Å². The van der Waals surface area contributed by atoms with Crippen LogP contribution in [-0.2, 0) is 6.42 Å². The fourth-order valence-electron chi connectivity index (χ4n) is 1.14. The number of rotatable bonds is 1. The van der Waals surface area contributed by atoms with Crippen LogP contribution in [-0.4, -0.2) is 5.11 Å². The summed E-state index contributed by atoms with van der Waals surface area (Å²) in [6.45, 7) is 3.77. The number of benzene rings is 1. The third-order valence-corrected chi connectivity index (χ3v) is 2.14. The molecule has 0 heterocycles. The molecule has 0 amide bonds.